The van der Waals surface area contributed by atoms with Crippen LogP contribution in [0.2, 0.25) is 0 Å². The third-order valence-electron chi connectivity index (χ3n) is 3.38. The molecule has 0 atom stereocenters. The first-order valence-electron chi connectivity index (χ1n) is 6.51. The zero-order chi connectivity index (χ0) is 13.1. The molecule has 1 aromatic carbocycles. The Morgan fingerprint density at radius 1 is 1.44 bits per heavy atom. The second kappa shape index (κ2) is 5.40. The maximum absolute atomic E-state index is 11.4. The fourth-order valence-electron chi connectivity index (χ4n) is 2.10. The van der Waals surface area contributed by atoms with Crippen LogP contribution in [0.25, 0.3) is 0 Å². The highest BCUT2D eigenvalue weighted by molar-refractivity contribution is 5.91. The molecule has 1 aliphatic rings. The molecule has 0 bridgehead atoms. The molecule has 1 amide bonds. The lowest BCUT2D eigenvalue weighted by atomic mass is 9.87. The molecule has 1 aliphatic carbocycles. The van der Waals surface area contributed by atoms with Gasteiger partial charge in [0.05, 0.1) is 0 Å². The molecule has 0 saturated heterocycles. The monoisotopic (exact) mass is 247 g/mol. The molecule has 1 saturated carbocycles. The quantitative estimate of drug-likeness (QED) is 0.764. The van der Waals surface area contributed by atoms with Gasteiger partial charge < -0.3 is 16.4 Å². The molecule has 1 fully saturated rings. The Morgan fingerprint density at radius 3 is 2.78 bits per heavy atom. The fourth-order valence-corrected chi connectivity index (χ4v) is 2.10. The highest BCUT2D eigenvalue weighted by atomic mass is 16.1. The molecule has 18 heavy (non-hydrogen) atoms. The minimum Gasteiger partial charge on any atom is -0.382 e. The lowest BCUT2D eigenvalue weighted by Gasteiger charge is -2.34. The first-order valence-corrected chi connectivity index (χ1v) is 6.51. The van der Waals surface area contributed by atoms with Gasteiger partial charge >= 0.3 is 0 Å². The van der Waals surface area contributed by atoms with Crippen molar-refractivity contribution in [3.05, 3.63) is 23.8 Å². The lowest BCUT2D eigenvalue weighted by Crippen LogP contribution is -2.44. The number of benzene rings is 1. The van der Waals surface area contributed by atoms with E-state index in [1.54, 1.807) is 0 Å². The Kier molecular flexibility index (Phi) is 3.87. The van der Waals surface area contributed by atoms with Crippen molar-refractivity contribution in [2.24, 2.45) is 5.73 Å². The van der Waals surface area contributed by atoms with Gasteiger partial charge in [-0.3, -0.25) is 4.79 Å². The summed E-state index contributed by atoms with van der Waals surface area (Å²) in [5.74, 6) is 0.0375. The summed E-state index contributed by atoms with van der Waals surface area (Å²) in [6, 6.07) is 6.75. The van der Waals surface area contributed by atoms with E-state index in [0.29, 0.717) is 18.5 Å². The number of nitrogens with one attached hydrogen (secondary N) is 2. The highest BCUT2D eigenvalue weighted by Crippen LogP contribution is 2.26. The van der Waals surface area contributed by atoms with Crippen LogP contribution in [0.4, 0.5) is 11.4 Å². The van der Waals surface area contributed by atoms with Gasteiger partial charge in [0.25, 0.3) is 0 Å². The summed E-state index contributed by atoms with van der Waals surface area (Å²) in [7, 11) is 0. The van der Waals surface area contributed by atoms with Gasteiger partial charge in [0.2, 0.25) is 5.91 Å². The van der Waals surface area contributed by atoms with Crippen LogP contribution in [-0.4, -0.2) is 18.0 Å². The second-order valence-electron chi connectivity index (χ2n) is 5.00. The predicted octanol–water partition coefficient (Wildman–Crippen LogP) is 2.25. The van der Waals surface area contributed by atoms with Gasteiger partial charge in [-0.15, -0.1) is 0 Å². The molecule has 0 aromatic heterocycles. The molecule has 4 nitrogen and oxygen atoms in total. The zero-order valence-corrected chi connectivity index (χ0v) is 11.0. The smallest absolute Gasteiger partial charge is 0.224 e. The molecule has 0 aliphatic heterocycles. The Morgan fingerprint density at radius 2 is 2.17 bits per heavy atom. The van der Waals surface area contributed by atoms with E-state index in [2.05, 4.69) is 17.6 Å². The maximum atomic E-state index is 11.4. The van der Waals surface area contributed by atoms with Crippen molar-refractivity contribution in [2.75, 3.05) is 10.6 Å². The summed E-state index contributed by atoms with van der Waals surface area (Å²) in [4.78, 5) is 11.4. The minimum absolute atomic E-state index is 0.0375. The average Bonchev–Trinajstić information content (AvgIpc) is 2.31. The van der Waals surface area contributed by atoms with E-state index in [1.165, 1.54) is 5.56 Å². The molecule has 0 unspecified atom stereocenters. The summed E-state index contributed by atoms with van der Waals surface area (Å²) >= 11 is 0. The van der Waals surface area contributed by atoms with Crippen LogP contribution in [0.5, 0.6) is 0 Å². The first-order chi connectivity index (χ1) is 8.58. The van der Waals surface area contributed by atoms with E-state index in [0.717, 1.165) is 24.2 Å². The van der Waals surface area contributed by atoms with Crippen molar-refractivity contribution in [1.82, 2.24) is 0 Å². The number of hydrogen-bond donors (Lipinski definition) is 3. The number of carbonyl (C=O) groups is 1. The summed E-state index contributed by atoms with van der Waals surface area (Å²) in [5, 5.41) is 6.35. The van der Waals surface area contributed by atoms with E-state index in [1.807, 2.05) is 25.1 Å². The van der Waals surface area contributed by atoms with Gasteiger partial charge in [-0.25, -0.2) is 0 Å². The molecule has 2 rings (SSSR count). The Labute approximate surface area is 108 Å². The number of hydrogen-bond acceptors (Lipinski definition) is 3. The standard InChI is InChI=1S/C14H21N3O/c1-3-14(18)17-11-5-4-9(2)13(8-11)16-12-6-10(15)7-12/h4-5,8,10,12,16H,3,6-7,15H2,1-2H3,(H,17,18). The van der Waals surface area contributed by atoms with Gasteiger partial charge in [0, 0.05) is 29.9 Å². The van der Waals surface area contributed by atoms with Crippen molar-refractivity contribution >= 4 is 17.3 Å². The molecule has 0 spiro atoms. The maximum Gasteiger partial charge on any atom is 0.224 e. The SMILES string of the molecule is CCC(=O)Nc1ccc(C)c(NC2CC(N)C2)c1. The topological polar surface area (TPSA) is 67.2 Å². The number of nitrogens with two attached hydrogens (primary N) is 1. The molecular formula is C14H21N3O. The number of rotatable bonds is 4. The van der Waals surface area contributed by atoms with Crippen LogP contribution < -0.4 is 16.4 Å². The molecule has 0 heterocycles. The van der Waals surface area contributed by atoms with Crippen molar-refractivity contribution in [1.29, 1.82) is 0 Å². The predicted molar refractivity (Wildman–Crippen MR) is 74.7 cm³/mol. The molecule has 4 heteroatoms. The van der Waals surface area contributed by atoms with E-state index < -0.39 is 0 Å². The van der Waals surface area contributed by atoms with Crippen LogP contribution in [0.1, 0.15) is 31.7 Å². The van der Waals surface area contributed by atoms with Crippen molar-refractivity contribution in [3.63, 3.8) is 0 Å². The normalized spacial score (nSPS) is 22.2. The first kappa shape index (κ1) is 12.9. The lowest BCUT2D eigenvalue weighted by molar-refractivity contribution is -0.115. The van der Waals surface area contributed by atoms with Crippen molar-refractivity contribution in [3.8, 4) is 0 Å². The summed E-state index contributed by atoms with van der Waals surface area (Å²) in [6.45, 7) is 3.91. The van der Waals surface area contributed by atoms with Crippen LogP contribution in [0.15, 0.2) is 18.2 Å². The third-order valence-corrected chi connectivity index (χ3v) is 3.38. The van der Waals surface area contributed by atoms with Crippen LogP contribution >= 0.6 is 0 Å². The minimum atomic E-state index is 0.0375. The molecule has 98 valence electrons. The summed E-state index contributed by atoms with van der Waals surface area (Å²) in [5.41, 5.74) is 8.89. The number of carbonyl (C=O) groups excluding carboxylic acids is 1. The van der Waals surface area contributed by atoms with Gasteiger partial charge in [0.15, 0.2) is 0 Å². The average molecular weight is 247 g/mol. The van der Waals surface area contributed by atoms with Crippen molar-refractivity contribution in [2.45, 2.75) is 45.2 Å². The van der Waals surface area contributed by atoms with E-state index >= 15 is 0 Å². The van der Waals surface area contributed by atoms with Crippen LogP contribution in [0, 0.1) is 6.92 Å². The van der Waals surface area contributed by atoms with Gasteiger partial charge in [-0.05, 0) is 37.5 Å². The number of anilines is 2. The Bertz CT molecular complexity index is 439. The third kappa shape index (κ3) is 3.01. The molecule has 1 aromatic rings. The molecule has 0 radical (unpaired) electrons. The number of amides is 1. The Hall–Kier alpha value is -1.55. The van der Waals surface area contributed by atoms with Crippen molar-refractivity contribution < 1.29 is 4.79 Å². The van der Waals surface area contributed by atoms with E-state index in [9.17, 15) is 4.79 Å². The largest absolute Gasteiger partial charge is 0.382 e. The Balaban J connectivity index is 2.04. The van der Waals surface area contributed by atoms with E-state index in [-0.39, 0.29) is 5.91 Å². The van der Waals surface area contributed by atoms with Crippen LogP contribution in [0.3, 0.4) is 0 Å². The van der Waals surface area contributed by atoms with Gasteiger partial charge in [-0.2, -0.15) is 0 Å². The number of aryl methyl sites for hydroxylation is 1. The van der Waals surface area contributed by atoms with E-state index in [4.69, 9.17) is 5.73 Å². The molecule has 4 N–H and O–H groups in total. The fraction of sp³-hybridized carbons (Fsp3) is 0.500. The van der Waals surface area contributed by atoms with Gasteiger partial charge in [-0.1, -0.05) is 13.0 Å². The zero-order valence-electron chi connectivity index (χ0n) is 11.0. The van der Waals surface area contributed by atoms with Gasteiger partial charge in [0.1, 0.15) is 0 Å². The second-order valence-corrected chi connectivity index (χ2v) is 5.00. The molecular weight excluding hydrogens is 226 g/mol. The van der Waals surface area contributed by atoms with Crippen LogP contribution in [-0.2, 0) is 4.79 Å². The summed E-state index contributed by atoms with van der Waals surface area (Å²) < 4.78 is 0. The highest BCUT2D eigenvalue weighted by Gasteiger charge is 2.25. The summed E-state index contributed by atoms with van der Waals surface area (Å²) in [6.07, 6.45) is 2.53.